The van der Waals surface area contributed by atoms with Gasteiger partial charge in [0.1, 0.15) is 31.2 Å². The van der Waals surface area contributed by atoms with E-state index in [1.165, 1.54) is 30.9 Å². The average Bonchev–Trinajstić information content (AvgIpc) is 2.65. The van der Waals surface area contributed by atoms with Crippen molar-refractivity contribution in [3.8, 4) is 11.1 Å². The van der Waals surface area contributed by atoms with E-state index in [1.807, 2.05) is 0 Å². The number of hydrogen-bond acceptors (Lipinski definition) is 5. The fourth-order valence-electron chi connectivity index (χ4n) is 2.61. The van der Waals surface area contributed by atoms with Crippen molar-refractivity contribution < 1.29 is 17.9 Å². The molecule has 8 heteroatoms. The molecule has 0 radical (unpaired) electrons. The number of halogens is 3. The van der Waals surface area contributed by atoms with Gasteiger partial charge in [-0.05, 0) is 24.6 Å². The van der Waals surface area contributed by atoms with Crippen LogP contribution in [-0.4, -0.2) is 34.9 Å². The molecule has 1 aliphatic rings. The average molecular weight is 336 g/mol. The van der Waals surface area contributed by atoms with Crippen LogP contribution in [0, 0.1) is 5.82 Å². The zero-order valence-electron chi connectivity index (χ0n) is 12.8. The fourth-order valence-corrected chi connectivity index (χ4v) is 2.61. The minimum Gasteiger partial charge on any atom is -0.385 e. The number of nitrogens with two attached hydrogens (primary N) is 1. The Morgan fingerprint density at radius 2 is 1.88 bits per heavy atom. The summed E-state index contributed by atoms with van der Waals surface area (Å²) < 4.78 is 48.5. The molecule has 1 aromatic carbocycles. The zero-order chi connectivity index (χ0) is 17.4. The molecule has 0 fully saturated rings. The van der Waals surface area contributed by atoms with E-state index in [0.717, 1.165) is 13.0 Å². The summed E-state index contributed by atoms with van der Waals surface area (Å²) >= 11 is 0. The van der Waals surface area contributed by atoms with Crippen molar-refractivity contribution >= 4 is 5.84 Å². The van der Waals surface area contributed by atoms with E-state index < -0.39 is 23.9 Å². The maximum Gasteiger partial charge on any atom is 0.299 e. The molecular formula is C16H15F3N4O. The van der Waals surface area contributed by atoms with E-state index in [-0.39, 0.29) is 18.0 Å². The monoisotopic (exact) mass is 336 g/mol. The van der Waals surface area contributed by atoms with Crippen LogP contribution in [0.25, 0.3) is 11.1 Å². The van der Waals surface area contributed by atoms with Crippen LogP contribution in [0.4, 0.5) is 13.2 Å². The summed E-state index contributed by atoms with van der Waals surface area (Å²) in [6.07, 6.45) is 4.37. The number of alkyl halides is 2. The summed E-state index contributed by atoms with van der Waals surface area (Å²) in [5.41, 5.74) is 4.26. The molecule has 3 rings (SSSR count). The van der Waals surface area contributed by atoms with Crippen LogP contribution in [-0.2, 0) is 10.3 Å². The predicted octanol–water partition coefficient (Wildman–Crippen LogP) is 2.52. The summed E-state index contributed by atoms with van der Waals surface area (Å²) in [6.45, 7) is 0.0308. The Morgan fingerprint density at radius 3 is 2.58 bits per heavy atom. The normalized spacial score (nSPS) is 23.4. The molecule has 1 aromatic heterocycles. The van der Waals surface area contributed by atoms with Gasteiger partial charge in [-0.25, -0.2) is 23.1 Å². The molecular weight excluding hydrogens is 321 g/mol. The third kappa shape index (κ3) is 2.73. The SMILES string of the molecule is C[C@@]1(c2cc(-c3cncnc3)ccc2F)N=C(N)COCC1(F)F. The summed E-state index contributed by atoms with van der Waals surface area (Å²) in [5.74, 6) is -4.33. The second-order valence-electron chi connectivity index (χ2n) is 5.69. The van der Waals surface area contributed by atoms with Gasteiger partial charge >= 0.3 is 0 Å². The van der Waals surface area contributed by atoms with Gasteiger partial charge in [-0.2, -0.15) is 0 Å². The highest BCUT2D eigenvalue weighted by Gasteiger charge is 2.54. The molecule has 0 unspecified atom stereocenters. The summed E-state index contributed by atoms with van der Waals surface area (Å²) in [6, 6.07) is 3.92. The smallest absolute Gasteiger partial charge is 0.299 e. The molecule has 0 spiro atoms. The second kappa shape index (κ2) is 5.86. The van der Waals surface area contributed by atoms with Crippen LogP contribution in [0.2, 0.25) is 0 Å². The minimum absolute atomic E-state index is 0.109. The Hall–Kier alpha value is -2.48. The molecule has 0 bridgehead atoms. The number of amidine groups is 1. The van der Waals surface area contributed by atoms with Gasteiger partial charge in [0, 0.05) is 23.5 Å². The lowest BCUT2D eigenvalue weighted by Gasteiger charge is -2.33. The van der Waals surface area contributed by atoms with Crippen LogP contribution >= 0.6 is 0 Å². The summed E-state index contributed by atoms with van der Waals surface area (Å²) in [5, 5.41) is 0. The molecule has 24 heavy (non-hydrogen) atoms. The van der Waals surface area contributed by atoms with E-state index in [2.05, 4.69) is 15.0 Å². The van der Waals surface area contributed by atoms with Crippen molar-refractivity contribution in [3.05, 3.63) is 48.3 Å². The molecule has 126 valence electrons. The third-order valence-corrected chi connectivity index (χ3v) is 4.00. The van der Waals surface area contributed by atoms with Crippen LogP contribution in [0.3, 0.4) is 0 Å². The Labute approximate surface area is 136 Å². The van der Waals surface area contributed by atoms with Gasteiger partial charge in [-0.3, -0.25) is 4.99 Å². The van der Waals surface area contributed by atoms with Gasteiger partial charge < -0.3 is 10.5 Å². The van der Waals surface area contributed by atoms with Crippen LogP contribution < -0.4 is 5.73 Å². The lowest BCUT2D eigenvalue weighted by atomic mass is 9.84. The summed E-state index contributed by atoms with van der Waals surface area (Å²) in [4.78, 5) is 11.6. The molecule has 2 heterocycles. The van der Waals surface area contributed by atoms with E-state index in [4.69, 9.17) is 10.5 Å². The van der Waals surface area contributed by atoms with Crippen LogP contribution in [0.5, 0.6) is 0 Å². The van der Waals surface area contributed by atoms with E-state index in [0.29, 0.717) is 11.1 Å². The summed E-state index contributed by atoms with van der Waals surface area (Å²) in [7, 11) is 0. The maximum atomic E-state index is 14.6. The number of benzene rings is 1. The molecule has 2 aromatic rings. The van der Waals surface area contributed by atoms with Gasteiger partial charge in [-0.1, -0.05) is 6.07 Å². The van der Waals surface area contributed by atoms with Crippen molar-refractivity contribution in [2.75, 3.05) is 13.2 Å². The van der Waals surface area contributed by atoms with Crippen molar-refractivity contribution in [3.63, 3.8) is 0 Å². The van der Waals surface area contributed by atoms with Crippen LogP contribution in [0.1, 0.15) is 12.5 Å². The second-order valence-corrected chi connectivity index (χ2v) is 5.69. The zero-order valence-corrected chi connectivity index (χ0v) is 12.8. The maximum absolute atomic E-state index is 14.6. The fraction of sp³-hybridized carbons (Fsp3) is 0.312. The van der Waals surface area contributed by atoms with Crippen LogP contribution in [0.15, 0.2) is 41.9 Å². The van der Waals surface area contributed by atoms with Crippen molar-refractivity contribution in [1.29, 1.82) is 0 Å². The topological polar surface area (TPSA) is 73.4 Å². The highest BCUT2D eigenvalue weighted by atomic mass is 19.3. The molecule has 5 nitrogen and oxygen atoms in total. The molecule has 1 atom stereocenters. The molecule has 0 saturated heterocycles. The first kappa shape index (κ1) is 16.4. The number of nitrogens with zero attached hydrogens (tertiary/aromatic N) is 3. The third-order valence-electron chi connectivity index (χ3n) is 4.00. The Kier molecular flexibility index (Phi) is 4.00. The van der Waals surface area contributed by atoms with Gasteiger partial charge in [0.05, 0.1) is 0 Å². The van der Waals surface area contributed by atoms with Gasteiger partial charge in [0.15, 0.2) is 5.54 Å². The van der Waals surface area contributed by atoms with Gasteiger partial charge in [0.25, 0.3) is 5.92 Å². The first-order chi connectivity index (χ1) is 11.3. The number of aromatic nitrogens is 2. The van der Waals surface area contributed by atoms with Crippen molar-refractivity contribution in [2.45, 2.75) is 18.4 Å². The van der Waals surface area contributed by atoms with Gasteiger partial charge in [-0.15, -0.1) is 0 Å². The molecule has 1 aliphatic heterocycles. The minimum atomic E-state index is -3.43. The molecule has 2 N–H and O–H groups in total. The Balaban J connectivity index is 2.18. The van der Waals surface area contributed by atoms with Crippen molar-refractivity contribution in [1.82, 2.24) is 9.97 Å². The molecule has 0 saturated carbocycles. The lowest BCUT2D eigenvalue weighted by molar-refractivity contribution is -0.116. The highest BCUT2D eigenvalue weighted by molar-refractivity contribution is 5.82. The van der Waals surface area contributed by atoms with Crippen molar-refractivity contribution in [2.24, 2.45) is 10.7 Å². The first-order valence-electron chi connectivity index (χ1n) is 7.19. The molecule has 0 amide bonds. The largest absolute Gasteiger partial charge is 0.385 e. The Bertz CT molecular complexity index is 782. The quantitative estimate of drug-likeness (QED) is 0.914. The number of hydrogen-bond donors (Lipinski definition) is 1. The number of ether oxygens (including phenoxy) is 1. The van der Waals surface area contributed by atoms with E-state index in [1.54, 1.807) is 0 Å². The first-order valence-corrected chi connectivity index (χ1v) is 7.19. The standard InChI is InChI=1S/C16H15F3N4O/c1-15(16(18,19)8-24-7-14(20)23-15)12-4-10(2-3-13(12)17)11-5-21-9-22-6-11/h2-6,9H,7-8H2,1H3,(H2,20,23)/t15-/m0/s1. The molecule has 0 aliphatic carbocycles. The highest BCUT2D eigenvalue weighted by Crippen LogP contribution is 2.44. The lowest BCUT2D eigenvalue weighted by Crippen LogP contribution is -2.45. The van der Waals surface area contributed by atoms with E-state index >= 15 is 0 Å². The van der Waals surface area contributed by atoms with E-state index in [9.17, 15) is 13.2 Å². The Morgan fingerprint density at radius 1 is 1.17 bits per heavy atom. The van der Waals surface area contributed by atoms with Gasteiger partial charge in [0.2, 0.25) is 0 Å². The number of rotatable bonds is 2. The predicted molar refractivity (Wildman–Crippen MR) is 82.2 cm³/mol. The number of aliphatic imine (C=N–C) groups is 1.